The molecule has 2 N–H and O–H groups in total. The number of phenolic OH excluding ortho intramolecular Hbond substituents is 1. The molecular formula is C14H18F3NO2. The maximum Gasteiger partial charge on any atom is 0.433 e. The summed E-state index contributed by atoms with van der Waals surface area (Å²) in [6.45, 7) is 4.18. The van der Waals surface area contributed by atoms with E-state index in [2.05, 4.69) is 0 Å². The molecule has 0 radical (unpaired) electrons. The van der Waals surface area contributed by atoms with Crippen LogP contribution in [0.5, 0.6) is 11.5 Å². The lowest BCUT2D eigenvalue weighted by molar-refractivity contribution is -0.0588. The lowest BCUT2D eigenvalue weighted by Gasteiger charge is -2.16. The molecule has 112 valence electrons. The fourth-order valence-electron chi connectivity index (χ4n) is 1.81. The molecule has 0 heterocycles. The lowest BCUT2D eigenvalue weighted by atomic mass is 10.00. The minimum atomic E-state index is -4.78. The van der Waals surface area contributed by atoms with E-state index >= 15 is 0 Å². The second-order valence-electron chi connectivity index (χ2n) is 4.41. The highest BCUT2D eigenvalue weighted by Crippen LogP contribution is 2.35. The summed E-state index contributed by atoms with van der Waals surface area (Å²) < 4.78 is 43.1. The molecule has 0 saturated heterocycles. The summed E-state index contributed by atoms with van der Waals surface area (Å²) in [6, 6.07) is 2.46. The smallest absolute Gasteiger partial charge is 0.433 e. The lowest BCUT2D eigenvalue weighted by Crippen LogP contribution is -2.23. The summed E-state index contributed by atoms with van der Waals surface area (Å²) in [7, 11) is 0. The molecule has 0 fully saturated rings. The highest BCUT2D eigenvalue weighted by molar-refractivity contribution is 6.04. The minimum absolute atomic E-state index is 0.326. The van der Waals surface area contributed by atoms with Crippen molar-refractivity contribution in [2.75, 3.05) is 6.61 Å². The monoisotopic (exact) mass is 289 g/mol. The summed E-state index contributed by atoms with van der Waals surface area (Å²) >= 11 is 0. The van der Waals surface area contributed by atoms with Gasteiger partial charge in [-0.25, -0.2) is 0 Å². The maximum absolute atomic E-state index is 12.6. The van der Waals surface area contributed by atoms with E-state index in [1.165, 1.54) is 6.07 Å². The Balaban J connectivity index is 3.24. The minimum Gasteiger partial charge on any atom is -0.507 e. The molecule has 0 aliphatic carbocycles. The normalized spacial score (nSPS) is 11.4. The van der Waals surface area contributed by atoms with Crippen molar-refractivity contribution in [2.24, 2.45) is 0 Å². The average molecular weight is 289 g/mol. The van der Waals surface area contributed by atoms with Crippen LogP contribution in [0.25, 0.3) is 0 Å². The summed E-state index contributed by atoms with van der Waals surface area (Å²) in [5, 5.41) is 17.1. The first-order valence-electron chi connectivity index (χ1n) is 6.46. The fraction of sp³-hybridized carbons (Fsp3) is 0.500. The Morgan fingerprint density at radius 1 is 1.25 bits per heavy atom. The molecule has 0 amide bonds. The van der Waals surface area contributed by atoms with Crippen LogP contribution >= 0.6 is 0 Å². The molecule has 6 heteroatoms. The number of alkyl halides is 3. The number of phenols is 1. The Morgan fingerprint density at radius 3 is 2.40 bits per heavy atom. The number of aromatic hydroxyl groups is 1. The molecule has 20 heavy (non-hydrogen) atoms. The molecule has 0 aliphatic heterocycles. The number of rotatable bonds is 6. The zero-order valence-electron chi connectivity index (χ0n) is 11.5. The molecule has 0 bridgehead atoms. The Bertz CT molecular complexity index is 484. The third kappa shape index (κ3) is 3.65. The number of benzene rings is 1. The average Bonchev–Trinajstić information content (AvgIpc) is 2.38. The molecule has 1 rings (SSSR count). The summed E-state index contributed by atoms with van der Waals surface area (Å²) in [5.41, 5.74) is -1.73. The first-order chi connectivity index (χ1) is 9.32. The van der Waals surface area contributed by atoms with Gasteiger partial charge in [0.2, 0.25) is 0 Å². The van der Waals surface area contributed by atoms with Crippen LogP contribution in [0.3, 0.4) is 0 Å². The van der Waals surface area contributed by atoms with Gasteiger partial charge in [-0.2, -0.15) is 13.2 Å². The first-order valence-corrected chi connectivity index (χ1v) is 6.46. The van der Waals surface area contributed by atoms with Gasteiger partial charge in [0.05, 0.1) is 6.61 Å². The molecule has 0 aromatic heterocycles. The molecule has 0 unspecified atom stereocenters. The maximum atomic E-state index is 12.6. The van der Waals surface area contributed by atoms with Crippen LogP contribution in [-0.2, 0) is 6.42 Å². The van der Waals surface area contributed by atoms with E-state index in [1.54, 1.807) is 0 Å². The summed E-state index contributed by atoms with van der Waals surface area (Å²) in [5.74, 6) is -0.132. The van der Waals surface area contributed by atoms with E-state index in [-0.39, 0.29) is 0 Å². The molecule has 0 spiro atoms. The van der Waals surface area contributed by atoms with Crippen molar-refractivity contribution in [3.8, 4) is 11.5 Å². The first kappa shape index (κ1) is 16.3. The van der Waals surface area contributed by atoms with E-state index in [0.717, 1.165) is 12.5 Å². The highest BCUT2D eigenvalue weighted by Gasteiger charge is 2.37. The van der Waals surface area contributed by atoms with Crippen molar-refractivity contribution in [1.82, 2.24) is 0 Å². The highest BCUT2D eigenvalue weighted by atomic mass is 19.4. The molecule has 1 aromatic carbocycles. The Labute approximate surface area is 115 Å². The summed E-state index contributed by atoms with van der Waals surface area (Å²) in [6.07, 6.45) is -2.98. The van der Waals surface area contributed by atoms with Crippen LogP contribution in [0.2, 0.25) is 0 Å². The third-order valence-corrected chi connectivity index (χ3v) is 2.75. The van der Waals surface area contributed by atoms with Crippen LogP contribution < -0.4 is 4.74 Å². The van der Waals surface area contributed by atoms with Crippen LogP contribution in [0, 0.1) is 5.41 Å². The van der Waals surface area contributed by atoms with Gasteiger partial charge in [-0.3, -0.25) is 5.41 Å². The molecule has 3 nitrogen and oxygen atoms in total. The van der Waals surface area contributed by atoms with E-state index < -0.39 is 23.2 Å². The predicted octanol–water partition coefficient (Wildman–Crippen LogP) is 4.06. The third-order valence-electron chi connectivity index (χ3n) is 2.75. The molecule has 1 aromatic rings. The second-order valence-corrected chi connectivity index (χ2v) is 4.41. The van der Waals surface area contributed by atoms with E-state index in [9.17, 15) is 18.3 Å². The van der Waals surface area contributed by atoms with Crippen LogP contribution in [0.1, 0.15) is 37.8 Å². The largest absolute Gasteiger partial charge is 0.507 e. The molecule has 0 atom stereocenters. The second kappa shape index (κ2) is 6.63. The van der Waals surface area contributed by atoms with Crippen LogP contribution in [-0.4, -0.2) is 23.6 Å². The van der Waals surface area contributed by atoms with Crippen molar-refractivity contribution in [3.63, 3.8) is 0 Å². The number of nitrogens with one attached hydrogen (secondary N) is 1. The number of ether oxygens (including phenoxy) is 1. The Morgan fingerprint density at radius 2 is 1.90 bits per heavy atom. The summed E-state index contributed by atoms with van der Waals surface area (Å²) in [4.78, 5) is 0. The van der Waals surface area contributed by atoms with Crippen molar-refractivity contribution in [2.45, 2.75) is 39.3 Å². The van der Waals surface area contributed by atoms with Gasteiger partial charge in [0.1, 0.15) is 17.2 Å². The van der Waals surface area contributed by atoms with Gasteiger partial charge in [-0.15, -0.1) is 0 Å². The van der Waals surface area contributed by atoms with Crippen molar-refractivity contribution in [3.05, 3.63) is 23.3 Å². The van der Waals surface area contributed by atoms with E-state index in [1.807, 2.05) is 13.8 Å². The number of hydrogen-bond acceptors (Lipinski definition) is 3. The van der Waals surface area contributed by atoms with Crippen molar-refractivity contribution >= 4 is 5.71 Å². The van der Waals surface area contributed by atoms with Gasteiger partial charge >= 0.3 is 6.18 Å². The quantitative estimate of drug-likeness (QED) is 0.776. The van der Waals surface area contributed by atoms with Gasteiger partial charge in [-0.1, -0.05) is 20.3 Å². The van der Waals surface area contributed by atoms with Crippen LogP contribution in [0.4, 0.5) is 13.2 Å². The number of hydrogen-bond donors (Lipinski definition) is 2. The topological polar surface area (TPSA) is 53.3 Å². The molecular weight excluding hydrogens is 271 g/mol. The molecule has 0 aliphatic rings. The molecule has 0 saturated carbocycles. The van der Waals surface area contributed by atoms with Crippen molar-refractivity contribution in [1.29, 1.82) is 5.41 Å². The van der Waals surface area contributed by atoms with Gasteiger partial charge < -0.3 is 9.84 Å². The van der Waals surface area contributed by atoms with Crippen LogP contribution in [0.15, 0.2) is 12.1 Å². The standard InChI is InChI=1S/C14H18F3NO2/c1-3-5-9-11(20-8-4-2)7-6-10(12(9)19)13(18)14(15,16)17/h6-7,18-19H,3-5,8H2,1-2H3. The fourth-order valence-corrected chi connectivity index (χ4v) is 1.81. The Hall–Kier alpha value is -1.72. The SMILES string of the molecule is CCCOc1ccc(C(=N)C(F)(F)F)c(O)c1CCC. The van der Waals surface area contributed by atoms with Gasteiger partial charge in [-0.05, 0) is 25.0 Å². The predicted molar refractivity (Wildman–Crippen MR) is 70.8 cm³/mol. The zero-order chi connectivity index (χ0) is 15.3. The Kier molecular flexibility index (Phi) is 5.42. The van der Waals surface area contributed by atoms with E-state index in [0.29, 0.717) is 30.8 Å². The van der Waals surface area contributed by atoms with Gasteiger partial charge in [0.25, 0.3) is 0 Å². The van der Waals surface area contributed by atoms with E-state index in [4.69, 9.17) is 10.1 Å². The van der Waals surface area contributed by atoms with Crippen molar-refractivity contribution < 1.29 is 23.0 Å². The van der Waals surface area contributed by atoms with Gasteiger partial charge in [0, 0.05) is 11.1 Å². The number of halogens is 3. The van der Waals surface area contributed by atoms with Gasteiger partial charge in [0.15, 0.2) is 0 Å². The zero-order valence-corrected chi connectivity index (χ0v) is 11.5.